The molecule has 0 saturated carbocycles. The maximum Gasteiger partial charge on any atom is 0.118 e. The third-order valence-corrected chi connectivity index (χ3v) is 2.77. The molecule has 2 nitrogen and oxygen atoms in total. The van der Waals surface area contributed by atoms with E-state index in [1.54, 1.807) is 18.4 Å². The molecule has 76 valence electrons. The van der Waals surface area contributed by atoms with Gasteiger partial charge in [0, 0.05) is 11.0 Å². The van der Waals surface area contributed by atoms with Crippen molar-refractivity contribution >= 4 is 16.9 Å². The number of nitrogens with zero attached hydrogens (tertiary/aromatic N) is 1. The smallest absolute Gasteiger partial charge is 0.118 e. The lowest BCUT2D eigenvalue weighted by molar-refractivity contribution is 0.415. The van der Waals surface area contributed by atoms with E-state index in [2.05, 4.69) is 11.6 Å². The summed E-state index contributed by atoms with van der Waals surface area (Å²) in [6.45, 7) is 4.03. The number of ether oxygens (including phenoxy) is 1. The van der Waals surface area contributed by atoms with Gasteiger partial charge >= 0.3 is 0 Å². The second-order valence-electron chi connectivity index (χ2n) is 3.08. The number of hydrogen-bond donors (Lipinski definition) is 0. The molecular formula is C12H11NOS. The first-order valence-electron chi connectivity index (χ1n) is 4.53. The molecule has 0 aliphatic carbocycles. The van der Waals surface area contributed by atoms with Crippen LogP contribution in [0.5, 0.6) is 5.75 Å². The van der Waals surface area contributed by atoms with E-state index in [1.165, 1.54) is 0 Å². The zero-order valence-corrected chi connectivity index (χ0v) is 9.25. The van der Waals surface area contributed by atoms with Gasteiger partial charge in [0.15, 0.2) is 0 Å². The SMILES string of the molecule is C=C(c1ccc(OC)cc1)c1cscn1. The number of rotatable bonds is 3. The fraction of sp³-hybridized carbons (Fsp3) is 0.0833. The van der Waals surface area contributed by atoms with E-state index >= 15 is 0 Å². The summed E-state index contributed by atoms with van der Waals surface area (Å²) >= 11 is 1.57. The molecule has 0 aliphatic heterocycles. The topological polar surface area (TPSA) is 22.1 Å². The zero-order valence-electron chi connectivity index (χ0n) is 8.43. The summed E-state index contributed by atoms with van der Waals surface area (Å²) in [5.74, 6) is 0.852. The Morgan fingerprint density at radius 1 is 1.33 bits per heavy atom. The minimum atomic E-state index is 0.852. The third-order valence-electron chi connectivity index (χ3n) is 2.18. The highest BCUT2D eigenvalue weighted by Gasteiger charge is 2.03. The molecule has 0 unspecified atom stereocenters. The second-order valence-corrected chi connectivity index (χ2v) is 3.80. The fourth-order valence-corrected chi connectivity index (χ4v) is 1.87. The molecule has 2 aromatic rings. The highest BCUT2D eigenvalue weighted by atomic mass is 32.1. The van der Waals surface area contributed by atoms with E-state index in [1.807, 2.05) is 35.2 Å². The summed E-state index contributed by atoms with van der Waals surface area (Å²) in [5.41, 5.74) is 4.76. The van der Waals surface area contributed by atoms with Crippen LogP contribution in [0.3, 0.4) is 0 Å². The van der Waals surface area contributed by atoms with Gasteiger partial charge in [0.1, 0.15) is 5.75 Å². The Hall–Kier alpha value is -1.61. The molecular weight excluding hydrogens is 206 g/mol. The van der Waals surface area contributed by atoms with E-state index in [0.717, 1.165) is 22.6 Å². The standard InChI is InChI=1S/C12H11NOS/c1-9(12-7-15-8-13-12)10-3-5-11(14-2)6-4-10/h3-8H,1H2,2H3. The average molecular weight is 217 g/mol. The first-order valence-corrected chi connectivity index (χ1v) is 5.47. The van der Waals surface area contributed by atoms with Crippen LogP contribution in [0.4, 0.5) is 0 Å². The average Bonchev–Trinajstić information content (AvgIpc) is 2.82. The third kappa shape index (κ3) is 2.07. The Morgan fingerprint density at radius 3 is 2.60 bits per heavy atom. The van der Waals surface area contributed by atoms with Gasteiger partial charge in [-0.3, -0.25) is 0 Å². The molecule has 0 spiro atoms. The fourth-order valence-electron chi connectivity index (χ4n) is 1.30. The molecule has 0 atom stereocenters. The molecule has 0 saturated heterocycles. The van der Waals surface area contributed by atoms with Gasteiger partial charge in [-0.2, -0.15) is 0 Å². The Labute approximate surface area is 92.9 Å². The second kappa shape index (κ2) is 4.28. The normalized spacial score (nSPS) is 9.93. The Kier molecular flexibility index (Phi) is 2.83. The van der Waals surface area contributed by atoms with Crippen LogP contribution >= 0.6 is 11.3 Å². The largest absolute Gasteiger partial charge is 0.497 e. The van der Waals surface area contributed by atoms with Crippen molar-refractivity contribution < 1.29 is 4.74 Å². The van der Waals surface area contributed by atoms with Crippen LogP contribution in [0.15, 0.2) is 41.7 Å². The molecule has 0 amide bonds. The van der Waals surface area contributed by atoms with Crippen LogP contribution < -0.4 is 4.74 Å². The predicted molar refractivity (Wildman–Crippen MR) is 63.2 cm³/mol. The molecule has 1 aromatic carbocycles. The van der Waals surface area contributed by atoms with Crippen LogP contribution in [0.25, 0.3) is 5.57 Å². The maximum absolute atomic E-state index is 5.10. The first-order chi connectivity index (χ1) is 7.31. The molecule has 0 bridgehead atoms. The predicted octanol–water partition coefficient (Wildman–Crippen LogP) is 3.21. The molecule has 3 heteroatoms. The summed E-state index contributed by atoms with van der Waals surface area (Å²) in [7, 11) is 1.66. The van der Waals surface area contributed by atoms with Gasteiger partial charge in [0.05, 0.1) is 18.3 Å². The summed E-state index contributed by atoms with van der Waals surface area (Å²) < 4.78 is 5.10. The van der Waals surface area contributed by atoms with Gasteiger partial charge in [-0.1, -0.05) is 18.7 Å². The van der Waals surface area contributed by atoms with Crippen LogP contribution in [-0.4, -0.2) is 12.1 Å². The molecule has 2 rings (SSSR count). The van der Waals surface area contributed by atoms with E-state index in [0.29, 0.717) is 0 Å². The first kappa shape index (κ1) is 9.93. The van der Waals surface area contributed by atoms with Gasteiger partial charge in [0.2, 0.25) is 0 Å². The summed E-state index contributed by atoms with van der Waals surface area (Å²) in [5, 5.41) is 1.99. The minimum Gasteiger partial charge on any atom is -0.497 e. The monoisotopic (exact) mass is 217 g/mol. The molecule has 1 aromatic heterocycles. The van der Waals surface area contributed by atoms with Gasteiger partial charge in [-0.05, 0) is 17.7 Å². The quantitative estimate of drug-likeness (QED) is 0.787. The molecule has 1 heterocycles. The van der Waals surface area contributed by atoms with Crippen LogP contribution in [0, 0.1) is 0 Å². The lowest BCUT2D eigenvalue weighted by Crippen LogP contribution is -1.87. The summed E-state index contributed by atoms with van der Waals surface area (Å²) in [6, 6.07) is 7.82. The van der Waals surface area contributed by atoms with E-state index < -0.39 is 0 Å². The van der Waals surface area contributed by atoms with E-state index in [4.69, 9.17) is 4.74 Å². The number of methoxy groups -OCH3 is 1. The van der Waals surface area contributed by atoms with Crippen molar-refractivity contribution in [2.75, 3.05) is 7.11 Å². The van der Waals surface area contributed by atoms with Crippen LogP contribution in [0.2, 0.25) is 0 Å². The van der Waals surface area contributed by atoms with Gasteiger partial charge in [-0.15, -0.1) is 11.3 Å². The van der Waals surface area contributed by atoms with E-state index in [-0.39, 0.29) is 0 Å². The number of hydrogen-bond acceptors (Lipinski definition) is 3. The van der Waals surface area contributed by atoms with Crippen molar-refractivity contribution in [2.24, 2.45) is 0 Å². The van der Waals surface area contributed by atoms with Crippen LogP contribution in [0.1, 0.15) is 11.3 Å². The van der Waals surface area contributed by atoms with Crippen molar-refractivity contribution in [3.8, 4) is 5.75 Å². The maximum atomic E-state index is 5.10. The summed E-state index contributed by atoms with van der Waals surface area (Å²) in [4.78, 5) is 4.22. The molecule has 0 fully saturated rings. The van der Waals surface area contributed by atoms with Gasteiger partial charge < -0.3 is 4.74 Å². The Bertz CT molecular complexity index is 445. The van der Waals surface area contributed by atoms with Crippen molar-refractivity contribution in [3.05, 3.63) is 53.0 Å². The van der Waals surface area contributed by atoms with Crippen molar-refractivity contribution in [1.82, 2.24) is 4.98 Å². The summed E-state index contributed by atoms with van der Waals surface area (Å²) in [6.07, 6.45) is 0. The molecule has 0 radical (unpaired) electrons. The van der Waals surface area contributed by atoms with Crippen molar-refractivity contribution in [2.45, 2.75) is 0 Å². The number of benzene rings is 1. The number of aromatic nitrogens is 1. The van der Waals surface area contributed by atoms with Gasteiger partial charge in [-0.25, -0.2) is 4.98 Å². The molecule has 15 heavy (non-hydrogen) atoms. The Balaban J connectivity index is 2.27. The van der Waals surface area contributed by atoms with E-state index in [9.17, 15) is 0 Å². The van der Waals surface area contributed by atoms with Crippen molar-refractivity contribution in [1.29, 1.82) is 0 Å². The lowest BCUT2D eigenvalue weighted by Gasteiger charge is -2.04. The highest BCUT2D eigenvalue weighted by Crippen LogP contribution is 2.23. The van der Waals surface area contributed by atoms with Crippen LogP contribution in [-0.2, 0) is 0 Å². The molecule has 0 N–H and O–H groups in total. The minimum absolute atomic E-state index is 0.852. The Morgan fingerprint density at radius 2 is 2.07 bits per heavy atom. The highest BCUT2D eigenvalue weighted by molar-refractivity contribution is 7.07. The number of thiazole rings is 1. The van der Waals surface area contributed by atoms with Gasteiger partial charge in [0.25, 0.3) is 0 Å². The zero-order chi connectivity index (χ0) is 10.7. The van der Waals surface area contributed by atoms with Crippen molar-refractivity contribution in [3.63, 3.8) is 0 Å². The molecule has 0 aliphatic rings. The lowest BCUT2D eigenvalue weighted by atomic mass is 10.1.